The minimum absolute atomic E-state index is 0.300. The van der Waals surface area contributed by atoms with Crippen LogP contribution in [-0.2, 0) is 6.42 Å². The summed E-state index contributed by atoms with van der Waals surface area (Å²) >= 11 is 0. The van der Waals surface area contributed by atoms with Gasteiger partial charge in [0, 0.05) is 55.0 Å². The number of hydrogen-bond donors (Lipinski definition) is 1. The molecule has 8 nitrogen and oxygen atoms in total. The Morgan fingerprint density at radius 3 is 2.90 bits per heavy atom. The van der Waals surface area contributed by atoms with E-state index in [9.17, 15) is 4.79 Å². The van der Waals surface area contributed by atoms with Crippen molar-refractivity contribution < 1.29 is 13.9 Å². The maximum absolute atomic E-state index is 11.5. The zero-order valence-corrected chi connectivity index (χ0v) is 17.0. The van der Waals surface area contributed by atoms with E-state index in [4.69, 9.17) is 19.6 Å². The van der Waals surface area contributed by atoms with E-state index >= 15 is 0 Å². The molecule has 0 fully saturated rings. The van der Waals surface area contributed by atoms with Crippen molar-refractivity contribution in [3.8, 4) is 11.6 Å². The summed E-state index contributed by atoms with van der Waals surface area (Å²) in [6.45, 7) is 3.89. The summed E-state index contributed by atoms with van der Waals surface area (Å²) in [6, 6.07) is 8.58. The number of aliphatic imine (C=N–C) groups is 1. The zero-order valence-electron chi connectivity index (χ0n) is 17.0. The highest BCUT2D eigenvalue weighted by atomic mass is 16.6. The van der Waals surface area contributed by atoms with Gasteiger partial charge in [0.25, 0.3) is 0 Å². The Morgan fingerprint density at radius 2 is 2.13 bits per heavy atom. The summed E-state index contributed by atoms with van der Waals surface area (Å²) in [4.78, 5) is 24.0. The zero-order chi connectivity index (χ0) is 21.3. The van der Waals surface area contributed by atoms with E-state index in [1.54, 1.807) is 31.5 Å². The van der Waals surface area contributed by atoms with Crippen LogP contribution in [0.2, 0.25) is 0 Å². The lowest BCUT2D eigenvalue weighted by atomic mass is 9.90. The Bertz CT molecular complexity index is 1210. The first kappa shape index (κ1) is 19.6. The van der Waals surface area contributed by atoms with Crippen LogP contribution < -0.4 is 20.8 Å². The molecule has 0 spiro atoms. The van der Waals surface area contributed by atoms with Crippen LogP contribution in [-0.4, -0.2) is 34.9 Å². The molecule has 1 aliphatic heterocycles. The van der Waals surface area contributed by atoms with Crippen molar-refractivity contribution in [1.29, 1.82) is 0 Å². The highest BCUT2D eigenvalue weighted by molar-refractivity contribution is 6.08. The number of nitrogens with two attached hydrogens (primary N) is 1. The second kappa shape index (κ2) is 7.62. The van der Waals surface area contributed by atoms with Crippen molar-refractivity contribution in [3.05, 3.63) is 64.5 Å². The molecule has 0 amide bonds. The average molecular weight is 406 g/mol. The van der Waals surface area contributed by atoms with Crippen molar-refractivity contribution in [3.63, 3.8) is 0 Å². The van der Waals surface area contributed by atoms with Gasteiger partial charge < -0.3 is 19.6 Å². The van der Waals surface area contributed by atoms with Crippen LogP contribution in [0.15, 0.2) is 57.1 Å². The van der Waals surface area contributed by atoms with E-state index in [1.807, 2.05) is 19.9 Å². The molecule has 3 heterocycles. The van der Waals surface area contributed by atoms with Gasteiger partial charge in [-0.25, -0.2) is 14.8 Å². The SMILES string of the molecule is CN=CC(=CN)c1cc(OC2Cc3cc4ccc(=O)oc4cc3OC2(C)C)ncn1. The van der Waals surface area contributed by atoms with E-state index < -0.39 is 11.2 Å². The summed E-state index contributed by atoms with van der Waals surface area (Å²) in [5.41, 5.74) is 7.39. The molecule has 30 heavy (non-hydrogen) atoms. The molecule has 1 atom stereocenters. The third kappa shape index (κ3) is 3.76. The molecular formula is C22H22N4O4. The van der Waals surface area contributed by atoms with Crippen molar-refractivity contribution in [1.82, 2.24) is 9.97 Å². The summed E-state index contributed by atoms with van der Waals surface area (Å²) in [5, 5.41) is 0.830. The quantitative estimate of drug-likeness (QED) is 0.523. The fourth-order valence-corrected chi connectivity index (χ4v) is 3.42. The lowest BCUT2D eigenvalue weighted by molar-refractivity contribution is -0.0287. The van der Waals surface area contributed by atoms with E-state index in [-0.39, 0.29) is 6.10 Å². The smallest absolute Gasteiger partial charge is 0.336 e. The first-order valence-electron chi connectivity index (χ1n) is 9.48. The fraction of sp³-hybridized carbons (Fsp3) is 0.273. The molecule has 4 rings (SSSR count). The van der Waals surface area contributed by atoms with Crippen LogP contribution in [0.3, 0.4) is 0 Å². The molecule has 3 aromatic rings. The molecule has 2 aromatic heterocycles. The molecule has 1 unspecified atom stereocenters. The van der Waals surface area contributed by atoms with Crippen molar-refractivity contribution in [2.24, 2.45) is 10.7 Å². The molecule has 0 saturated heterocycles. The first-order valence-corrected chi connectivity index (χ1v) is 9.48. The Labute approximate surface area is 173 Å². The minimum Gasteiger partial charge on any atom is -0.484 e. The summed E-state index contributed by atoms with van der Waals surface area (Å²) < 4.78 is 17.7. The van der Waals surface area contributed by atoms with E-state index in [0.29, 0.717) is 34.9 Å². The largest absolute Gasteiger partial charge is 0.484 e. The third-order valence-electron chi connectivity index (χ3n) is 5.00. The fourth-order valence-electron chi connectivity index (χ4n) is 3.42. The molecule has 8 heteroatoms. The van der Waals surface area contributed by atoms with Gasteiger partial charge in [0.1, 0.15) is 29.4 Å². The number of aromatic nitrogens is 2. The van der Waals surface area contributed by atoms with Crippen LogP contribution in [0, 0.1) is 0 Å². The molecule has 0 bridgehead atoms. The van der Waals surface area contributed by atoms with Gasteiger partial charge in [-0.15, -0.1) is 0 Å². The second-order valence-corrected chi connectivity index (χ2v) is 7.52. The number of nitrogens with zero attached hydrogens (tertiary/aromatic N) is 3. The topological polar surface area (TPSA) is 113 Å². The van der Waals surface area contributed by atoms with Gasteiger partial charge in [-0.1, -0.05) is 0 Å². The Balaban J connectivity index is 1.65. The second-order valence-electron chi connectivity index (χ2n) is 7.52. The van der Waals surface area contributed by atoms with E-state index in [1.165, 1.54) is 18.6 Å². The Hall–Kier alpha value is -3.68. The maximum Gasteiger partial charge on any atom is 0.336 e. The van der Waals surface area contributed by atoms with Gasteiger partial charge in [0.2, 0.25) is 5.88 Å². The third-order valence-corrected chi connectivity index (χ3v) is 5.00. The highest BCUT2D eigenvalue weighted by Crippen LogP contribution is 2.37. The highest BCUT2D eigenvalue weighted by Gasteiger charge is 2.39. The molecule has 1 aliphatic rings. The Kier molecular flexibility index (Phi) is 4.99. The predicted molar refractivity (Wildman–Crippen MR) is 114 cm³/mol. The van der Waals surface area contributed by atoms with Crippen LogP contribution in [0.4, 0.5) is 0 Å². The number of rotatable bonds is 4. The van der Waals surface area contributed by atoms with Gasteiger partial charge in [-0.2, -0.15) is 0 Å². The number of ether oxygens (including phenoxy) is 2. The van der Waals surface area contributed by atoms with Crippen molar-refractivity contribution in [2.75, 3.05) is 7.05 Å². The monoisotopic (exact) mass is 406 g/mol. The maximum atomic E-state index is 11.5. The minimum atomic E-state index is -0.641. The normalized spacial score (nSPS) is 18.2. The number of allylic oxidation sites excluding steroid dienone is 1. The molecule has 1 aromatic carbocycles. The van der Waals surface area contributed by atoms with Crippen molar-refractivity contribution >= 4 is 22.8 Å². The van der Waals surface area contributed by atoms with Crippen LogP contribution in [0.25, 0.3) is 16.5 Å². The van der Waals surface area contributed by atoms with Gasteiger partial charge in [-0.3, -0.25) is 4.99 Å². The first-order chi connectivity index (χ1) is 14.4. The summed E-state index contributed by atoms with van der Waals surface area (Å²) in [5.74, 6) is 1.10. The van der Waals surface area contributed by atoms with E-state index in [0.717, 1.165) is 10.9 Å². The van der Waals surface area contributed by atoms with Crippen molar-refractivity contribution in [2.45, 2.75) is 32.0 Å². The lowest BCUT2D eigenvalue weighted by Crippen LogP contribution is -2.49. The number of hydrogen-bond acceptors (Lipinski definition) is 8. The molecule has 2 N–H and O–H groups in total. The summed E-state index contributed by atoms with van der Waals surface area (Å²) in [7, 11) is 1.66. The molecule has 0 saturated carbocycles. The summed E-state index contributed by atoms with van der Waals surface area (Å²) in [6.07, 6.45) is 4.79. The van der Waals surface area contributed by atoms with Crippen LogP contribution in [0.1, 0.15) is 25.1 Å². The van der Waals surface area contributed by atoms with Gasteiger partial charge >= 0.3 is 5.63 Å². The van der Waals surface area contributed by atoms with Gasteiger partial charge in [0.05, 0.1) is 5.69 Å². The van der Waals surface area contributed by atoms with Crippen LogP contribution in [0.5, 0.6) is 11.6 Å². The Morgan fingerprint density at radius 1 is 1.30 bits per heavy atom. The van der Waals surface area contributed by atoms with Gasteiger partial charge in [-0.05, 0) is 31.5 Å². The molecule has 0 radical (unpaired) electrons. The molecular weight excluding hydrogens is 384 g/mol. The van der Waals surface area contributed by atoms with Gasteiger partial charge in [0.15, 0.2) is 0 Å². The van der Waals surface area contributed by atoms with Crippen LogP contribution >= 0.6 is 0 Å². The number of benzene rings is 1. The number of fused-ring (bicyclic) bond motifs is 2. The molecule has 154 valence electrons. The lowest BCUT2D eigenvalue weighted by Gasteiger charge is -2.39. The standard InChI is InChI=1S/C22H22N4O4/c1-22(2)19(29-20-8-16(25-12-26-20)15(10-23)11-24-3)7-14-6-13-4-5-21(27)28-17(13)9-18(14)30-22/h4-6,8-12,19H,7,23H2,1-3H3. The van der Waals surface area contributed by atoms with E-state index in [2.05, 4.69) is 15.0 Å². The average Bonchev–Trinajstić information content (AvgIpc) is 2.71. The predicted octanol–water partition coefficient (Wildman–Crippen LogP) is 2.74. The molecule has 0 aliphatic carbocycles.